The summed E-state index contributed by atoms with van der Waals surface area (Å²) in [6.07, 6.45) is 0.636. The van der Waals surface area contributed by atoms with E-state index in [1.54, 1.807) is 18.2 Å². The molecule has 2 aromatic rings. The van der Waals surface area contributed by atoms with Crippen LogP contribution in [0.25, 0.3) is 0 Å². The van der Waals surface area contributed by atoms with Crippen LogP contribution < -0.4 is 20.7 Å². The molecule has 0 radical (unpaired) electrons. The number of aromatic amines is 1. The van der Waals surface area contributed by atoms with Crippen LogP contribution in [0.4, 0.5) is 16.2 Å². The van der Waals surface area contributed by atoms with Crippen molar-refractivity contribution in [2.75, 3.05) is 17.2 Å². The molecular formula is C16H19N5O3. The summed E-state index contributed by atoms with van der Waals surface area (Å²) in [7, 11) is 0. The fourth-order valence-electron chi connectivity index (χ4n) is 2.49. The molecule has 0 unspecified atom stereocenters. The molecule has 1 aliphatic rings. The number of carbonyl (C=O) groups excluding carboxylic acids is 2. The van der Waals surface area contributed by atoms with Crippen molar-refractivity contribution in [2.24, 2.45) is 0 Å². The standard InChI is InChI=1S/C16H19N5O3/c1-9(5-12-6-10(2)20-21-12)17-16(23)18-11-3-4-13-14(7-11)24-8-15(22)19-13/h3-4,6-7,9H,5,8H2,1-2H3,(H,19,22)(H,20,21)(H2,17,18,23)/t9-/m0/s1. The zero-order valence-corrected chi connectivity index (χ0v) is 13.5. The van der Waals surface area contributed by atoms with Crippen LogP contribution in [-0.4, -0.2) is 34.8 Å². The van der Waals surface area contributed by atoms with E-state index >= 15 is 0 Å². The van der Waals surface area contributed by atoms with Gasteiger partial charge in [-0.15, -0.1) is 0 Å². The summed E-state index contributed by atoms with van der Waals surface area (Å²) < 4.78 is 5.32. The molecule has 24 heavy (non-hydrogen) atoms. The van der Waals surface area contributed by atoms with Gasteiger partial charge in [-0.3, -0.25) is 9.89 Å². The number of hydrogen-bond donors (Lipinski definition) is 4. The number of amides is 3. The predicted molar refractivity (Wildman–Crippen MR) is 89.2 cm³/mol. The molecule has 8 heteroatoms. The minimum atomic E-state index is -0.311. The van der Waals surface area contributed by atoms with Crippen LogP contribution in [0.3, 0.4) is 0 Å². The molecule has 3 amide bonds. The quantitative estimate of drug-likeness (QED) is 0.686. The van der Waals surface area contributed by atoms with Gasteiger partial charge in [-0.25, -0.2) is 4.79 Å². The maximum absolute atomic E-state index is 12.1. The van der Waals surface area contributed by atoms with Gasteiger partial charge >= 0.3 is 6.03 Å². The molecule has 0 aliphatic carbocycles. The summed E-state index contributed by atoms with van der Waals surface area (Å²) in [6, 6.07) is 6.64. The number of anilines is 2. The SMILES string of the molecule is Cc1cc(C[C@H](C)NC(=O)Nc2ccc3c(c2)OCC(=O)N3)n[nH]1. The third-order valence-electron chi connectivity index (χ3n) is 3.52. The fraction of sp³-hybridized carbons (Fsp3) is 0.312. The Hall–Kier alpha value is -3.03. The number of hydrogen-bond acceptors (Lipinski definition) is 4. The van der Waals surface area contributed by atoms with Gasteiger partial charge in [0.25, 0.3) is 5.91 Å². The van der Waals surface area contributed by atoms with Crippen LogP contribution in [0.5, 0.6) is 5.75 Å². The molecule has 1 atom stereocenters. The number of H-pyrrole nitrogens is 1. The van der Waals surface area contributed by atoms with E-state index in [-0.39, 0.29) is 24.6 Å². The lowest BCUT2D eigenvalue weighted by Crippen LogP contribution is -2.37. The summed E-state index contributed by atoms with van der Waals surface area (Å²) >= 11 is 0. The van der Waals surface area contributed by atoms with E-state index in [2.05, 4.69) is 26.1 Å². The number of carbonyl (C=O) groups is 2. The average molecular weight is 329 g/mol. The molecule has 0 bridgehead atoms. The van der Waals surface area contributed by atoms with Gasteiger partial charge in [-0.05, 0) is 32.0 Å². The molecule has 1 aromatic carbocycles. The van der Waals surface area contributed by atoms with Crippen molar-refractivity contribution < 1.29 is 14.3 Å². The fourth-order valence-corrected chi connectivity index (χ4v) is 2.49. The number of ether oxygens (including phenoxy) is 1. The molecule has 0 saturated heterocycles. The van der Waals surface area contributed by atoms with Gasteiger partial charge in [0, 0.05) is 29.9 Å². The van der Waals surface area contributed by atoms with Crippen LogP contribution in [0.1, 0.15) is 18.3 Å². The van der Waals surface area contributed by atoms with Gasteiger partial charge < -0.3 is 20.7 Å². The van der Waals surface area contributed by atoms with Crippen LogP contribution in [-0.2, 0) is 11.2 Å². The number of nitrogens with zero attached hydrogens (tertiary/aromatic N) is 1. The number of urea groups is 1. The Kier molecular flexibility index (Phi) is 4.37. The van der Waals surface area contributed by atoms with Gasteiger partial charge in [-0.2, -0.15) is 5.10 Å². The highest BCUT2D eigenvalue weighted by Crippen LogP contribution is 2.30. The highest BCUT2D eigenvalue weighted by atomic mass is 16.5. The van der Waals surface area contributed by atoms with Gasteiger partial charge in [0.2, 0.25) is 0 Å². The van der Waals surface area contributed by atoms with Gasteiger partial charge in [0.1, 0.15) is 5.75 Å². The van der Waals surface area contributed by atoms with E-state index in [9.17, 15) is 9.59 Å². The monoisotopic (exact) mass is 329 g/mol. The lowest BCUT2D eigenvalue weighted by molar-refractivity contribution is -0.118. The van der Waals surface area contributed by atoms with Gasteiger partial charge in [0.05, 0.1) is 11.4 Å². The van der Waals surface area contributed by atoms with Crippen LogP contribution in [0, 0.1) is 6.92 Å². The topological polar surface area (TPSA) is 108 Å². The summed E-state index contributed by atoms with van der Waals surface area (Å²) in [6.45, 7) is 3.82. The highest BCUT2D eigenvalue weighted by molar-refractivity contribution is 5.96. The Balaban J connectivity index is 1.55. The normalized spacial score (nSPS) is 14.2. The molecule has 126 valence electrons. The van der Waals surface area contributed by atoms with Crippen molar-refractivity contribution in [2.45, 2.75) is 26.3 Å². The Morgan fingerprint density at radius 1 is 1.42 bits per heavy atom. The lowest BCUT2D eigenvalue weighted by Gasteiger charge is -2.19. The molecule has 2 heterocycles. The maximum atomic E-state index is 12.1. The van der Waals surface area contributed by atoms with Gasteiger partial charge in [-0.1, -0.05) is 0 Å². The summed E-state index contributed by atoms with van der Waals surface area (Å²) in [5, 5.41) is 15.3. The number of benzene rings is 1. The average Bonchev–Trinajstić information content (AvgIpc) is 2.92. The molecule has 0 fully saturated rings. The van der Waals surface area contributed by atoms with Crippen molar-refractivity contribution >= 4 is 23.3 Å². The largest absolute Gasteiger partial charge is 0.482 e. The molecule has 3 rings (SSSR count). The zero-order chi connectivity index (χ0) is 17.1. The maximum Gasteiger partial charge on any atom is 0.319 e. The van der Waals surface area contributed by atoms with Crippen molar-refractivity contribution in [3.8, 4) is 5.75 Å². The molecule has 1 aliphatic heterocycles. The summed E-state index contributed by atoms with van der Waals surface area (Å²) in [4.78, 5) is 23.3. The van der Waals surface area contributed by atoms with E-state index in [0.717, 1.165) is 11.4 Å². The lowest BCUT2D eigenvalue weighted by atomic mass is 10.2. The smallest absolute Gasteiger partial charge is 0.319 e. The molecule has 0 saturated carbocycles. The Morgan fingerprint density at radius 2 is 2.25 bits per heavy atom. The summed E-state index contributed by atoms with van der Waals surface area (Å²) in [5.74, 6) is 0.343. The van der Waals surface area contributed by atoms with Crippen molar-refractivity contribution in [1.82, 2.24) is 15.5 Å². The minimum Gasteiger partial charge on any atom is -0.482 e. The highest BCUT2D eigenvalue weighted by Gasteiger charge is 2.17. The first kappa shape index (κ1) is 15.9. The Bertz CT molecular complexity index is 771. The minimum absolute atomic E-state index is 0.0250. The molecular weight excluding hydrogens is 310 g/mol. The predicted octanol–water partition coefficient (Wildman–Crippen LogP) is 1.80. The van der Waals surface area contributed by atoms with E-state index in [0.29, 0.717) is 23.5 Å². The van der Waals surface area contributed by atoms with E-state index in [1.807, 2.05) is 19.9 Å². The molecule has 4 N–H and O–H groups in total. The third kappa shape index (κ3) is 3.83. The second-order valence-electron chi connectivity index (χ2n) is 5.79. The first-order valence-corrected chi connectivity index (χ1v) is 7.65. The van der Waals surface area contributed by atoms with E-state index in [1.165, 1.54) is 0 Å². The number of aromatic nitrogens is 2. The van der Waals surface area contributed by atoms with Gasteiger partial charge in [0.15, 0.2) is 6.61 Å². The first-order valence-electron chi connectivity index (χ1n) is 7.65. The first-order chi connectivity index (χ1) is 11.5. The molecule has 0 spiro atoms. The van der Waals surface area contributed by atoms with Crippen LogP contribution in [0.15, 0.2) is 24.3 Å². The van der Waals surface area contributed by atoms with E-state index < -0.39 is 0 Å². The number of aryl methyl sites for hydroxylation is 1. The number of nitrogens with one attached hydrogen (secondary N) is 4. The Morgan fingerprint density at radius 3 is 3.00 bits per heavy atom. The molecule has 1 aromatic heterocycles. The number of fused-ring (bicyclic) bond motifs is 1. The molecule has 8 nitrogen and oxygen atoms in total. The van der Waals surface area contributed by atoms with Crippen molar-refractivity contribution in [1.29, 1.82) is 0 Å². The number of rotatable bonds is 4. The van der Waals surface area contributed by atoms with Crippen LogP contribution in [0.2, 0.25) is 0 Å². The van der Waals surface area contributed by atoms with Crippen molar-refractivity contribution in [3.63, 3.8) is 0 Å². The van der Waals surface area contributed by atoms with E-state index in [4.69, 9.17) is 4.74 Å². The Labute approximate surface area is 139 Å². The zero-order valence-electron chi connectivity index (χ0n) is 13.5. The second kappa shape index (κ2) is 6.61. The van der Waals surface area contributed by atoms with Crippen LogP contribution >= 0.6 is 0 Å². The van der Waals surface area contributed by atoms with Crippen molar-refractivity contribution in [3.05, 3.63) is 35.7 Å². The summed E-state index contributed by atoms with van der Waals surface area (Å²) in [5.41, 5.74) is 3.07. The second-order valence-corrected chi connectivity index (χ2v) is 5.79. The third-order valence-corrected chi connectivity index (χ3v) is 3.52.